The normalized spacial score (nSPS) is 11.4. The minimum absolute atomic E-state index is 0.104. The number of hydrogen-bond donors (Lipinski definition) is 5. The van der Waals surface area contributed by atoms with E-state index in [9.17, 15) is 14.7 Å². The van der Waals surface area contributed by atoms with E-state index in [1.807, 2.05) is 18.2 Å². The van der Waals surface area contributed by atoms with Crippen LogP contribution in [0, 0.1) is 0 Å². The van der Waals surface area contributed by atoms with Gasteiger partial charge in [0.2, 0.25) is 5.91 Å². The lowest BCUT2D eigenvalue weighted by Crippen LogP contribution is -2.33. The molecule has 1 heterocycles. The Bertz CT molecular complexity index is 1100. The molecule has 3 rings (SSSR count). The van der Waals surface area contributed by atoms with Gasteiger partial charge in [-0.3, -0.25) is 9.59 Å². The van der Waals surface area contributed by atoms with Crippen LogP contribution in [0.1, 0.15) is 18.6 Å². The molecule has 0 aliphatic rings. The largest absolute Gasteiger partial charge is 0.378 e. The molecule has 2 amide bonds. The summed E-state index contributed by atoms with van der Waals surface area (Å²) in [7, 11) is 0. The van der Waals surface area contributed by atoms with Gasteiger partial charge in [-0.2, -0.15) is 0 Å². The Morgan fingerprint density at radius 3 is 2.06 bits per heavy atom. The molecule has 1 atom stereocenters. The zero-order valence-electron chi connectivity index (χ0n) is 18.7. The highest BCUT2D eigenvalue weighted by Gasteiger charge is 2.16. The molecular weight excluding hydrogens is 456 g/mol. The van der Waals surface area contributed by atoms with E-state index in [4.69, 9.17) is 11.6 Å². The van der Waals surface area contributed by atoms with E-state index in [1.165, 1.54) is 6.92 Å². The Hall–Kier alpha value is -3.69. The van der Waals surface area contributed by atoms with Crippen molar-refractivity contribution in [3.05, 3.63) is 71.2 Å². The van der Waals surface area contributed by atoms with Crippen LogP contribution in [-0.2, 0) is 9.59 Å². The summed E-state index contributed by atoms with van der Waals surface area (Å²) >= 11 is 5.99. The second kappa shape index (κ2) is 12.5. The molecule has 0 radical (unpaired) electrons. The fraction of sp³-hybridized carbons (Fsp3) is 0.250. The van der Waals surface area contributed by atoms with Crippen LogP contribution in [0.5, 0.6) is 0 Å². The molecule has 1 aromatic heterocycles. The van der Waals surface area contributed by atoms with Gasteiger partial charge in [-0.15, -0.1) is 0 Å². The summed E-state index contributed by atoms with van der Waals surface area (Å²) in [5.41, 5.74) is 1.32. The standard InChI is InChI=1S/C24H27ClN6O3/c1-16(32)26-11-12-27-20-15-21(31-23(30-20)18-7-9-19(25)10-8-18)28-13-14-29-24(34)22(33)17-5-3-2-4-6-17/h2-10,15,22,33H,11-14H2,1H3,(H,26,32)(H,29,34)(H2,27,28,30,31). The number of amides is 2. The van der Waals surface area contributed by atoms with E-state index in [1.54, 1.807) is 42.5 Å². The van der Waals surface area contributed by atoms with Crippen LogP contribution in [-0.4, -0.2) is 53.1 Å². The number of aromatic nitrogens is 2. The second-order valence-electron chi connectivity index (χ2n) is 7.41. The second-order valence-corrected chi connectivity index (χ2v) is 7.85. The third-order valence-electron chi connectivity index (χ3n) is 4.73. The van der Waals surface area contributed by atoms with E-state index in [2.05, 4.69) is 31.2 Å². The van der Waals surface area contributed by atoms with Crippen LogP contribution in [0.3, 0.4) is 0 Å². The summed E-state index contributed by atoms with van der Waals surface area (Å²) in [5, 5.41) is 22.5. The topological polar surface area (TPSA) is 128 Å². The van der Waals surface area contributed by atoms with Crippen LogP contribution >= 0.6 is 11.6 Å². The van der Waals surface area contributed by atoms with Crippen LogP contribution in [0.2, 0.25) is 5.02 Å². The number of rotatable bonds is 11. The van der Waals surface area contributed by atoms with Crippen molar-refractivity contribution in [2.75, 3.05) is 36.8 Å². The molecule has 34 heavy (non-hydrogen) atoms. The van der Waals surface area contributed by atoms with Gasteiger partial charge in [0.15, 0.2) is 11.9 Å². The number of benzene rings is 2. The number of aliphatic hydroxyl groups excluding tert-OH is 1. The highest BCUT2D eigenvalue weighted by atomic mass is 35.5. The fourth-order valence-corrected chi connectivity index (χ4v) is 3.17. The zero-order chi connectivity index (χ0) is 24.3. The lowest BCUT2D eigenvalue weighted by atomic mass is 10.1. The van der Waals surface area contributed by atoms with Crippen molar-refractivity contribution in [2.24, 2.45) is 0 Å². The Morgan fingerprint density at radius 2 is 1.47 bits per heavy atom. The first-order valence-corrected chi connectivity index (χ1v) is 11.2. The molecule has 0 fully saturated rings. The molecule has 3 aromatic rings. The van der Waals surface area contributed by atoms with E-state index in [0.717, 1.165) is 5.56 Å². The van der Waals surface area contributed by atoms with Crippen molar-refractivity contribution < 1.29 is 14.7 Å². The van der Waals surface area contributed by atoms with Gasteiger partial charge in [0.05, 0.1) is 0 Å². The minimum atomic E-state index is -1.23. The summed E-state index contributed by atoms with van der Waals surface area (Å²) in [6.45, 7) is 3.07. The van der Waals surface area contributed by atoms with E-state index < -0.39 is 12.0 Å². The molecule has 178 valence electrons. The summed E-state index contributed by atoms with van der Waals surface area (Å²) in [6, 6.07) is 17.7. The monoisotopic (exact) mass is 482 g/mol. The number of anilines is 2. The Kier molecular flexibility index (Phi) is 9.19. The SMILES string of the molecule is CC(=O)NCCNc1cc(NCCNC(=O)C(O)c2ccccc2)nc(-c2ccc(Cl)cc2)n1. The third kappa shape index (κ3) is 7.72. The Labute approximate surface area is 203 Å². The first-order valence-electron chi connectivity index (χ1n) is 10.8. The third-order valence-corrected chi connectivity index (χ3v) is 4.98. The van der Waals surface area contributed by atoms with Gasteiger partial charge in [0, 0.05) is 49.8 Å². The fourth-order valence-electron chi connectivity index (χ4n) is 3.05. The number of aliphatic hydroxyl groups is 1. The van der Waals surface area contributed by atoms with Gasteiger partial charge in [-0.1, -0.05) is 41.9 Å². The van der Waals surface area contributed by atoms with Gasteiger partial charge in [0.25, 0.3) is 5.91 Å². The number of hydrogen-bond acceptors (Lipinski definition) is 7. The maximum atomic E-state index is 12.2. The predicted octanol–water partition coefficient (Wildman–Crippen LogP) is 2.61. The van der Waals surface area contributed by atoms with Crippen molar-refractivity contribution in [1.82, 2.24) is 20.6 Å². The summed E-state index contributed by atoms with van der Waals surface area (Å²) < 4.78 is 0. The highest BCUT2D eigenvalue weighted by Crippen LogP contribution is 2.22. The van der Waals surface area contributed by atoms with E-state index in [-0.39, 0.29) is 12.5 Å². The quantitative estimate of drug-likeness (QED) is 0.266. The van der Waals surface area contributed by atoms with E-state index in [0.29, 0.717) is 47.7 Å². The van der Waals surface area contributed by atoms with Crippen molar-refractivity contribution >= 4 is 35.1 Å². The molecule has 10 heteroatoms. The van der Waals surface area contributed by atoms with Crippen LogP contribution in [0.4, 0.5) is 11.6 Å². The van der Waals surface area contributed by atoms with Gasteiger partial charge >= 0.3 is 0 Å². The molecule has 0 bridgehead atoms. The molecule has 0 spiro atoms. The number of nitrogens with one attached hydrogen (secondary N) is 4. The van der Waals surface area contributed by atoms with E-state index >= 15 is 0 Å². The minimum Gasteiger partial charge on any atom is -0.378 e. The van der Waals surface area contributed by atoms with Crippen LogP contribution in [0.15, 0.2) is 60.7 Å². The maximum Gasteiger partial charge on any atom is 0.253 e. The summed E-state index contributed by atoms with van der Waals surface area (Å²) in [6.07, 6.45) is -1.23. The number of nitrogens with zero attached hydrogens (tertiary/aromatic N) is 2. The van der Waals surface area contributed by atoms with Crippen LogP contribution in [0.25, 0.3) is 11.4 Å². The van der Waals surface area contributed by atoms with Crippen molar-refractivity contribution in [2.45, 2.75) is 13.0 Å². The number of carbonyl (C=O) groups is 2. The maximum absolute atomic E-state index is 12.2. The molecule has 0 aliphatic carbocycles. The first-order chi connectivity index (χ1) is 16.4. The summed E-state index contributed by atoms with van der Waals surface area (Å²) in [4.78, 5) is 32.4. The molecule has 0 saturated carbocycles. The van der Waals surface area contributed by atoms with Gasteiger partial charge < -0.3 is 26.4 Å². The van der Waals surface area contributed by atoms with Crippen molar-refractivity contribution in [3.63, 3.8) is 0 Å². The number of halogens is 1. The van der Waals surface area contributed by atoms with Crippen molar-refractivity contribution in [1.29, 1.82) is 0 Å². The highest BCUT2D eigenvalue weighted by molar-refractivity contribution is 6.30. The Balaban J connectivity index is 1.61. The average molecular weight is 483 g/mol. The van der Waals surface area contributed by atoms with Crippen LogP contribution < -0.4 is 21.3 Å². The molecule has 2 aromatic carbocycles. The molecule has 1 unspecified atom stereocenters. The van der Waals surface area contributed by atoms with Gasteiger partial charge in [0.1, 0.15) is 11.6 Å². The first kappa shape index (κ1) is 24.9. The molecule has 0 aliphatic heterocycles. The lowest BCUT2D eigenvalue weighted by molar-refractivity contribution is -0.129. The Morgan fingerprint density at radius 1 is 0.882 bits per heavy atom. The van der Waals surface area contributed by atoms with Gasteiger partial charge in [-0.05, 0) is 29.8 Å². The molecular formula is C24H27ClN6O3. The zero-order valence-corrected chi connectivity index (χ0v) is 19.5. The molecule has 0 saturated heterocycles. The molecule has 9 nitrogen and oxygen atoms in total. The smallest absolute Gasteiger partial charge is 0.253 e. The number of carbonyl (C=O) groups excluding carboxylic acids is 2. The predicted molar refractivity (Wildman–Crippen MR) is 133 cm³/mol. The van der Waals surface area contributed by atoms with Crippen molar-refractivity contribution in [3.8, 4) is 11.4 Å². The van der Waals surface area contributed by atoms with Gasteiger partial charge in [-0.25, -0.2) is 9.97 Å². The molecule has 5 N–H and O–H groups in total. The lowest BCUT2D eigenvalue weighted by Gasteiger charge is -2.14. The summed E-state index contributed by atoms with van der Waals surface area (Å²) in [5.74, 6) is 1.05. The average Bonchev–Trinajstić information content (AvgIpc) is 2.84.